The normalized spacial score (nSPS) is 21.9. The highest BCUT2D eigenvalue weighted by Gasteiger charge is 2.41. The minimum atomic E-state index is -0.358. The SMILES string of the molecule is Br.CCCCCCCCOc1ccc(C2(C3=CCN(C)C=C3)C=CC=CC2CC)c(O)c1. The van der Waals surface area contributed by atoms with Crippen molar-refractivity contribution in [3.8, 4) is 11.5 Å². The van der Waals surface area contributed by atoms with Crippen molar-refractivity contribution in [3.63, 3.8) is 0 Å². The number of benzene rings is 1. The number of phenols is 1. The zero-order chi connectivity index (χ0) is 22.1. The summed E-state index contributed by atoms with van der Waals surface area (Å²) in [6.45, 7) is 6.04. The van der Waals surface area contributed by atoms with E-state index in [0.29, 0.717) is 12.4 Å². The van der Waals surface area contributed by atoms with Crippen LogP contribution in [0.15, 0.2) is 66.4 Å². The Morgan fingerprint density at radius 2 is 1.88 bits per heavy atom. The maximum atomic E-state index is 11.1. The lowest BCUT2D eigenvalue weighted by molar-refractivity contribution is 0.302. The van der Waals surface area contributed by atoms with Crippen molar-refractivity contribution in [3.05, 3.63) is 72.0 Å². The lowest BCUT2D eigenvalue weighted by atomic mass is 9.62. The topological polar surface area (TPSA) is 32.7 Å². The van der Waals surface area contributed by atoms with Crippen molar-refractivity contribution in [2.45, 2.75) is 64.2 Å². The lowest BCUT2D eigenvalue weighted by Crippen LogP contribution is -2.36. The molecule has 3 nitrogen and oxygen atoms in total. The van der Waals surface area contributed by atoms with Gasteiger partial charge in [0.15, 0.2) is 0 Å². The summed E-state index contributed by atoms with van der Waals surface area (Å²) in [6, 6.07) is 5.88. The summed E-state index contributed by atoms with van der Waals surface area (Å²) in [5.41, 5.74) is 1.84. The maximum Gasteiger partial charge on any atom is 0.123 e. The molecule has 0 aromatic heterocycles. The van der Waals surface area contributed by atoms with Crippen molar-refractivity contribution >= 4 is 17.0 Å². The minimum Gasteiger partial charge on any atom is -0.507 e. The molecule has 2 unspecified atom stereocenters. The number of nitrogens with zero attached hydrogens (tertiary/aromatic N) is 1. The van der Waals surface area contributed by atoms with Gasteiger partial charge < -0.3 is 14.7 Å². The molecule has 2 aliphatic rings. The fourth-order valence-corrected chi connectivity index (χ4v) is 4.80. The van der Waals surface area contributed by atoms with Crippen molar-refractivity contribution in [1.29, 1.82) is 0 Å². The molecule has 0 fully saturated rings. The number of ether oxygens (including phenoxy) is 1. The van der Waals surface area contributed by atoms with Crippen molar-refractivity contribution in [2.24, 2.45) is 5.92 Å². The summed E-state index contributed by atoms with van der Waals surface area (Å²) < 4.78 is 5.95. The third-order valence-electron chi connectivity index (χ3n) is 6.61. The first-order chi connectivity index (χ1) is 15.1. The Bertz CT molecular complexity index is 842. The molecule has 0 saturated carbocycles. The van der Waals surface area contributed by atoms with Crippen LogP contribution in [0.3, 0.4) is 0 Å². The van der Waals surface area contributed by atoms with E-state index in [2.05, 4.69) is 74.5 Å². The Kier molecular flexibility index (Phi) is 10.6. The molecular formula is C28H40BrNO2. The summed E-state index contributed by atoms with van der Waals surface area (Å²) >= 11 is 0. The third-order valence-corrected chi connectivity index (χ3v) is 6.61. The van der Waals surface area contributed by atoms with Gasteiger partial charge in [-0.3, -0.25) is 0 Å². The fourth-order valence-electron chi connectivity index (χ4n) is 4.80. The first kappa shape index (κ1) is 26.3. The molecule has 1 aromatic carbocycles. The van der Waals surface area contributed by atoms with Gasteiger partial charge in [-0.25, -0.2) is 0 Å². The van der Waals surface area contributed by atoms with Gasteiger partial charge in [-0.05, 0) is 42.7 Å². The van der Waals surface area contributed by atoms with Gasteiger partial charge in [0, 0.05) is 30.6 Å². The van der Waals surface area contributed by atoms with E-state index >= 15 is 0 Å². The van der Waals surface area contributed by atoms with E-state index in [0.717, 1.165) is 30.7 Å². The molecule has 1 aliphatic carbocycles. The average Bonchev–Trinajstić information content (AvgIpc) is 2.79. The molecule has 0 bridgehead atoms. The number of allylic oxidation sites excluding steroid dienone is 6. The second-order valence-electron chi connectivity index (χ2n) is 8.84. The maximum absolute atomic E-state index is 11.1. The second kappa shape index (κ2) is 12.9. The van der Waals surface area contributed by atoms with Crippen LogP contribution in [0.25, 0.3) is 0 Å². The van der Waals surface area contributed by atoms with Crippen LogP contribution in [-0.2, 0) is 5.41 Å². The molecule has 32 heavy (non-hydrogen) atoms. The van der Waals surface area contributed by atoms with Crippen LogP contribution in [0, 0.1) is 5.92 Å². The number of aromatic hydroxyl groups is 1. The molecule has 1 aromatic rings. The Labute approximate surface area is 205 Å². The fraction of sp³-hybridized carbons (Fsp3) is 0.500. The molecule has 3 rings (SSSR count). The molecule has 0 saturated heterocycles. The van der Waals surface area contributed by atoms with E-state index in [1.165, 1.54) is 37.7 Å². The van der Waals surface area contributed by atoms with Gasteiger partial charge in [0.1, 0.15) is 11.5 Å². The van der Waals surface area contributed by atoms with Gasteiger partial charge in [-0.15, -0.1) is 17.0 Å². The molecule has 0 spiro atoms. The number of hydrogen-bond acceptors (Lipinski definition) is 3. The zero-order valence-electron chi connectivity index (χ0n) is 19.9. The number of unbranched alkanes of at least 4 members (excludes halogenated alkanes) is 5. The lowest BCUT2D eigenvalue weighted by Gasteiger charge is -2.42. The van der Waals surface area contributed by atoms with Crippen LogP contribution in [0.2, 0.25) is 0 Å². The molecule has 1 heterocycles. The standard InChI is InChI=1S/C28H39NO2.BrH/c1-4-6-7-8-9-12-21-31-25-14-15-26(27(30)22-25)28(18-11-10-13-23(28)5-2)24-16-19-29(3)20-17-24;/h10-11,13-19,22-23,30H,4-9,12,20-21H2,1-3H3;1H. The van der Waals surface area contributed by atoms with Crippen molar-refractivity contribution in [2.75, 3.05) is 20.2 Å². The molecule has 0 amide bonds. The molecule has 4 heteroatoms. The van der Waals surface area contributed by atoms with E-state index in [4.69, 9.17) is 4.74 Å². The number of likely N-dealkylation sites (N-methyl/N-ethyl adjacent to an activating group) is 1. The summed E-state index contributed by atoms with van der Waals surface area (Å²) in [5.74, 6) is 1.35. The van der Waals surface area contributed by atoms with Crippen molar-refractivity contribution in [1.82, 2.24) is 4.90 Å². The van der Waals surface area contributed by atoms with Crippen LogP contribution >= 0.6 is 17.0 Å². The van der Waals surface area contributed by atoms with Gasteiger partial charge in [0.2, 0.25) is 0 Å². The van der Waals surface area contributed by atoms with Crippen LogP contribution in [-0.4, -0.2) is 30.2 Å². The first-order valence-electron chi connectivity index (χ1n) is 12.0. The Morgan fingerprint density at radius 1 is 1.09 bits per heavy atom. The second-order valence-corrected chi connectivity index (χ2v) is 8.84. The molecule has 1 aliphatic heterocycles. The zero-order valence-corrected chi connectivity index (χ0v) is 21.6. The van der Waals surface area contributed by atoms with Gasteiger partial charge in [0.05, 0.1) is 6.61 Å². The van der Waals surface area contributed by atoms with E-state index < -0.39 is 0 Å². The number of phenolic OH excluding ortho intramolecular Hbond substituents is 1. The predicted molar refractivity (Wildman–Crippen MR) is 141 cm³/mol. The first-order valence-corrected chi connectivity index (χ1v) is 12.0. The number of rotatable bonds is 11. The Balaban J connectivity index is 0.00000363. The van der Waals surface area contributed by atoms with E-state index in [-0.39, 0.29) is 28.3 Å². The van der Waals surface area contributed by atoms with Crippen LogP contribution in [0.5, 0.6) is 11.5 Å². The summed E-state index contributed by atoms with van der Waals surface area (Å²) in [5, 5.41) is 11.1. The monoisotopic (exact) mass is 501 g/mol. The van der Waals surface area contributed by atoms with Crippen LogP contribution in [0.1, 0.15) is 64.4 Å². The van der Waals surface area contributed by atoms with Gasteiger partial charge >= 0.3 is 0 Å². The van der Waals surface area contributed by atoms with E-state index in [1.54, 1.807) is 6.07 Å². The van der Waals surface area contributed by atoms with E-state index in [1.807, 2.05) is 6.07 Å². The highest BCUT2D eigenvalue weighted by Crippen LogP contribution is 2.49. The van der Waals surface area contributed by atoms with Gasteiger partial charge in [0.25, 0.3) is 0 Å². The van der Waals surface area contributed by atoms with Crippen LogP contribution in [0.4, 0.5) is 0 Å². The molecule has 2 atom stereocenters. The minimum absolute atomic E-state index is 0. The number of hydrogen-bond donors (Lipinski definition) is 1. The molecule has 1 N–H and O–H groups in total. The summed E-state index contributed by atoms with van der Waals surface area (Å²) in [6.07, 6.45) is 23.8. The highest BCUT2D eigenvalue weighted by molar-refractivity contribution is 8.93. The smallest absolute Gasteiger partial charge is 0.123 e. The Hall–Kier alpha value is -1.94. The predicted octanol–water partition coefficient (Wildman–Crippen LogP) is 7.48. The molecular weight excluding hydrogens is 462 g/mol. The highest BCUT2D eigenvalue weighted by atomic mass is 79.9. The molecule has 176 valence electrons. The summed E-state index contributed by atoms with van der Waals surface area (Å²) in [7, 11) is 2.08. The third kappa shape index (κ3) is 6.10. The van der Waals surface area contributed by atoms with Crippen molar-refractivity contribution < 1.29 is 9.84 Å². The quantitative estimate of drug-likeness (QED) is 0.318. The van der Waals surface area contributed by atoms with Gasteiger partial charge in [-0.1, -0.05) is 82.4 Å². The molecule has 0 radical (unpaired) electrons. The Morgan fingerprint density at radius 3 is 2.56 bits per heavy atom. The number of halogens is 1. The van der Waals surface area contributed by atoms with Gasteiger partial charge in [-0.2, -0.15) is 0 Å². The largest absolute Gasteiger partial charge is 0.507 e. The van der Waals surface area contributed by atoms with Crippen LogP contribution < -0.4 is 4.74 Å². The summed E-state index contributed by atoms with van der Waals surface area (Å²) in [4.78, 5) is 2.17. The average molecular weight is 503 g/mol. The van der Waals surface area contributed by atoms with E-state index in [9.17, 15) is 5.11 Å².